The van der Waals surface area contributed by atoms with Crippen LogP contribution in [0.25, 0.3) is 0 Å². The zero-order valence-electron chi connectivity index (χ0n) is 14.6. The molecule has 0 N–H and O–H groups in total. The Kier molecular flexibility index (Phi) is 6.29. The van der Waals surface area contributed by atoms with Crippen LogP contribution in [0.4, 0.5) is 8.78 Å². The molecule has 0 saturated heterocycles. The van der Waals surface area contributed by atoms with Crippen LogP contribution in [-0.4, -0.2) is 27.9 Å². The third kappa shape index (κ3) is 3.93. The molecule has 0 aliphatic heterocycles. The van der Waals surface area contributed by atoms with Gasteiger partial charge in [-0.3, -0.25) is 0 Å². The molecule has 1 heterocycles. The molecular formula is C17H17F2N3O5S. The molecule has 28 heavy (non-hydrogen) atoms. The third-order valence-electron chi connectivity index (χ3n) is 3.84. The highest BCUT2D eigenvalue weighted by atomic mass is 32.2. The quantitative estimate of drug-likeness (QED) is 0.590. The average molecular weight is 413 g/mol. The number of sulfone groups is 1. The maximum absolute atomic E-state index is 12.6. The monoisotopic (exact) mass is 413 g/mol. The molecule has 0 radical (unpaired) electrons. The summed E-state index contributed by atoms with van der Waals surface area (Å²) in [5, 5.41) is 0. The maximum Gasteiger partial charge on any atom is 0.341 e. The van der Waals surface area contributed by atoms with Crippen LogP contribution in [0.1, 0.15) is 5.56 Å². The van der Waals surface area contributed by atoms with Crippen molar-refractivity contribution >= 4 is 9.84 Å². The fourth-order valence-corrected chi connectivity index (χ4v) is 3.18. The number of aromatic nitrogens is 3. The molecule has 0 fully saturated rings. The van der Waals surface area contributed by atoms with E-state index < -0.39 is 37.6 Å². The molecule has 0 amide bonds. The van der Waals surface area contributed by atoms with Gasteiger partial charge in [-0.1, -0.05) is 24.3 Å². The molecule has 0 spiro atoms. The summed E-state index contributed by atoms with van der Waals surface area (Å²) in [6.07, 6.45) is 2.64. The predicted octanol–water partition coefficient (Wildman–Crippen LogP) is 0.588. The minimum absolute atomic E-state index is 0.124. The standard InChI is InChI=1S/C17H17F2N3O5S/c1-3-9-20-15(23)21(10-4-2)17(25)22(16(20)24)11-12-5-7-13(8-6-12)28(26,27)14(18)19/h3-8,14H,1-2,9-11H2. The number of hydrogen-bond donors (Lipinski definition) is 0. The molecule has 1 aromatic carbocycles. The van der Waals surface area contributed by atoms with E-state index in [-0.39, 0.29) is 19.6 Å². The molecule has 0 bridgehead atoms. The van der Waals surface area contributed by atoms with Crippen molar-refractivity contribution in [2.24, 2.45) is 0 Å². The summed E-state index contributed by atoms with van der Waals surface area (Å²) >= 11 is 0. The lowest BCUT2D eigenvalue weighted by Crippen LogP contribution is -2.54. The van der Waals surface area contributed by atoms with Gasteiger partial charge in [-0.25, -0.2) is 36.5 Å². The van der Waals surface area contributed by atoms with E-state index in [0.717, 1.165) is 25.8 Å². The number of halogens is 2. The summed E-state index contributed by atoms with van der Waals surface area (Å²) in [7, 11) is -4.75. The van der Waals surface area contributed by atoms with Crippen molar-refractivity contribution in [1.82, 2.24) is 13.7 Å². The van der Waals surface area contributed by atoms with E-state index in [0.29, 0.717) is 5.56 Å². The van der Waals surface area contributed by atoms with E-state index >= 15 is 0 Å². The lowest BCUT2D eigenvalue weighted by molar-refractivity contribution is 0.234. The molecule has 0 unspecified atom stereocenters. The Morgan fingerprint density at radius 1 is 0.857 bits per heavy atom. The fourth-order valence-electron chi connectivity index (χ4n) is 2.46. The van der Waals surface area contributed by atoms with Crippen LogP contribution in [-0.2, 0) is 29.5 Å². The van der Waals surface area contributed by atoms with Gasteiger partial charge in [0.1, 0.15) is 0 Å². The highest BCUT2D eigenvalue weighted by Gasteiger charge is 2.26. The third-order valence-corrected chi connectivity index (χ3v) is 5.23. The highest BCUT2D eigenvalue weighted by molar-refractivity contribution is 7.91. The normalized spacial score (nSPS) is 11.5. The van der Waals surface area contributed by atoms with Crippen molar-refractivity contribution < 1.29 is 17.2 Å². The molecule has 1 aromatic heterocycles. The number of alkyl halides is 2. The Balaban J connectivity index is 2.56. The lowest BCUT2D eigenvalue weighted by atomic mass is 10.2. The Hall–Kier alpha value is -3.08. The van der Waals surface area contributed by atoms with Gasteiger partial charge in [-0.15, -0.1) is 13.2 Å². The zero-order valence-corrected chi connectivity index (χ0v) is 15.4. The molecule has 0 saturated carbocycles. The SMILES string of the molecule is C=CCn1c(=O)n(CC=C)c(=O)n(Cc2ccc(S(=O)(=O)C(F)F)cc2)c1=O. The van der Waals surface area contributed by atoms with Gasteiger partial charge < -0.3 is 0 Å². The zero-order chi connectivity index (χ0) is 21.1. The summed E-state index contributed by atoms with van der Waals surface area (Å²) in [5.41, 5.74) is -2.26. The number of rotatable bonds is 8. The first-order valence-electron chi connectivity index (χ1n) is 7.92. The van der Waals surface area contributed by atoms with Crippen LogP contribution in [0.2, 0.25) is 0 Å². The van der Waals surface area contributed by atoms with E-state index in [4.69, 9.17) is 0 Å². The minimum atomic E-state index is -4.75. The van der Waals surface area contributed by atoms with Gasteiger partial charge >= 0.3 is 22.8 Å². The van der Waals surface area contributed by atoms with Gasteiger partial charge in [0.05, 0.1) is 24.5 Å². The average Bonchev–Trinajstić information content (AvgIpc) is 2.66. The van der Waals surface area contributed by atoms with Crippen molar-refractivity contribution in [3.63, 3.8) is 0 Å². The van der Waals surface area contributed by atoms with Gasteiger partial charge in [0.15, 0.2) is 0 Å². The molecular weight excluding hydrogens is 396 g/mol. The summed E-state index contributed by atoms with van der Waals surface area (Å²) in [6, 6.07) is 4.34. The molecule has 2 aromatic rings. The van der Waals surface area contributed by atoms with Crippen LogP contribution in [0.5, 0.6) is 0 Å². The molecule has 0 aliphatic rings. The van der Waals surface area contributed by atoms with Crippen LogP contribution in [0, 0.1) is 0 Å². The highest BCUT2D eigenvalue weighted by Crippen LogP contribution is 2.18. The number of benzene rings is 1. The van der Waals surface area contributed by atoms with Crippen molar-refractivity contribution in [3.8, 4) is 0 Å². The largest absolute Gasteiger partial charge is 0.341 e. The van der Waals surface area contributed by atoms with Gasteiger partial charge in [0.2, 0.25) is 9.84 Å². The Morgan fingerprint density at radius 3 is 1.68 bits per heavy atom. The van der Waals surface area contributed by atoms with Crippen molar-refractivity contribution in [3.05, 3.63) is 86.6 Å². The van der Waals surface area contributed by atoms with E-state index in [1.165, 1.54) is 24.3 Å². The smallest absolute Gasteiger partial charge is 0.247 e. The number of nitrogens with zero attached hydrogens (tertiary/aromatic N) is 3. The number of allylic oxidation sites excluding steroid dienone is 2. The Labute approximate surface area is 158 Å². The second kappa shape index (κ2) is 8.30. The first kappa shape index (κ1) is 21.2. The van der Waals surface area contributed by atoms with E-state index in [1.54, 1.807) is 0 Å². The van der Waals surface area contributed by atoms with Gasteiger partial charge in [-0.2, -0.15) is 8.78 Å². The lowest BCUT2D eigenvalue weighted by Gasteiger charge is -2.12. The second-order valence-corrected chi connectivity index (χ2v) is 7.60. The molecule has 11 heteroatoms. The topological polar surface area (TPSA) is 100 Å². The second-order valence-electron chi connectivity index (χ2n) is 5.68. The van der Waals surface area contributed by atoms with Crippen LogP contribution in [0.3, 0.4) is 0 Å². The molecule has 150 valence electrons. The summed E-state index contributed by atoms with van der Waals surface area (Å²) in [5.74, 6) is -3.56. The van der Waals surface area contributed by atoms with Crippen LogP contribution >= 0.6 is 0 Å². The summed E-state index contributed by atoms with van der Waals surface area (Å²) in [6.45, 7) is 6.39. The first-order valence-corrected chi connectivity index (χ1v) is 9.47. The van der Waals surface area contributed by atoms with E-state index in [1.807, 2.05) is 0 Å². The van der Waals surface area contributed by atoms with Gasteiger partial charge in [0.25, 0.3) is 0 Å². The first-order chi connectivity index (χ1) is 13.1. The van der Waals surface area contributed by atoms with Gasteiger partial charge in [-0.05, 0) is 17.7 Å². The number of hydrogen-bond acceptors (Lipinski definition) is 5. The summed E-state index contributed by atoms with van der Waals surface area (Å²) in [4.78, 5) is 36.8. The van der Waals surface area contributed by atoms with E-state index in [9.17, 15) is 31.6 Å². The molecule has 2 rings (SSSR count). The fraction of sp³-hybridized carbons (Fsp3) is 0.235. The van der Waals surface area contributed by atoms with Crippen LogP contribution in [0.15, 0.2) is 68.9 Å². The van der Waals surface area contributed by atoms with Crippen molar-refractivity contribution in [2.45, 2.75) is 30.3 Å². The molecule has 8 nitrogen and oxygen atoms in total. The van der Waals surface area contributed by atoms with Crippen molar-refractivity contribution in [2.75, 3.05) is 0 Å². The molecule has 0 atom stereocenters. The Morgan fingerprint density at radius 2 is 1.29 bits per heavy atom. The van der Waals surface area contributed by atoms with Crippen molar-refractivity contribution in [1.29, 1.82) is 0 Å². The minimum Gasteiger partial charge on any atom is -0.247 e. The van der Waals surface area contributed by atoms with Crippen LogP contribution < -0.4 is 17.1 Å². The maximum atomic E-state index is 12.6. The predicted molar refractivity (Wildman–Crippen MR) is 98.3 cm³/mol. The summed E-state index contributed by atoms with van der Waals surface area (Å²) < 4.78 is 50.5. The van der Waals surface area contributed by atoms with Gasteiger partial charge in [0, 0.05) is 0 Å². The molecule has 0 aliphatic carbocycles. The Bertz CT molecular complexity index is 1130. The van der Waals surface area contributed by atoms with E-state index in [2.05, 4.69) is 13.2 Å².